The maximum Gasteiger partial charge on any atom is 0.251 e. The van der Waals surface area contributed by atoms with Gasteiger partial charge in [0, 0.05) is 11.4 Å². The molecule has 102 valence electrons. The third kappa shape index (κ3) is 3.47. The first-order valence-corrected chi connectivity index (χ1v) is 6.12. The van der Waals surface area contributed by atoms with Crippen LogP contribution in [0.4, 0.5) is 21.8 Å². The van der Waals surface area contributed by atoms with Gasteiger partial charge in [0.05, 0.1) is 6.20 Å². The summed E-state index contributed by atoms with van der Waals surface area (Å²) in [5.41, 5.74) is 2.50. The molecule has 5 heteroatoms. The van der Waals surface area contributed by atoms with Crippen LogP contribution in [0, 0.1) is 12.7 Å². The van der Waals surface area contributed by atoms with E-state index in [1.807, 2.05) is 31.2 Å². The van der Waals surface area contributed by atoms with Crippen LogP contribution in [0.5, 0.6) is 0 Å². The van der Waals surface area contributed by atoms with Crippen molar-refractivity contribution in [2.24, 2.45) is 4.99 Å². The number of nitrogens with zero attached hydrogens (tertiary/aromatic N) is 3. The quantitative estimate of drug-likeness (QED) is 0.856. The average molecular weight is 270 g/mol. The number of anilines is 2. The predicted molar refractivity (Wildman–Crippen MR) is 79.4 cm³/mol. The van der Waals surface area contributed by atoms with E-state index >= 15 is 0 Å². The lowest BCUT2D eigenvalue weighted by Gasteiger charge is -2.07. The van der Waals surface area contributed by atoms with Crippen molar-refractivity contribution in [1.29, 1.82) is 0 Å². The summed E-state index contributed by atoms with van der Waals surface area (Å²) in [4.78, 5) is 12.0. The van der Waals surface area contributed by atoms with E-state index in [1.165, 1.54) is 0 Å². The molecular formula is C15H15FN4. The molecule has 0 aliphatic carbocycles. The minimum absolute atomic E-state index is 0.0983. The molecule has 0 bridgehead atoms. The molecule has 1 heterocycles. The SMILES string of the molecule is C=CC(C)=Nc1ncc(F)c(Nc2cccc(C)c2)n1. The molecule has 2 aromatic rings. The zero-order valence-corrected chi connectivity index (χ0v) is 11.4. The molecule has 0 saturated heterocycles. The number of nitrogens with one attached hydrogen (secondary N) is 1. The third-order valence-corrected chi connectivity index (χ3v) is 2.58. The zero-order chi connectivity index (χ0) is 14.5. The number of allylic oxidation sites excluding steroid dienone is 1. The van der Waals surface area contributed by atoms with Crippen LogP contribution >= 0.6 is 0 Å². The van der Waals surface area contributed by atoms with Gasteiger partial charge in [-0.3, -0.25) is 0 Å². The Morgan fingerprint density at radius 2 is 2.25 bits per heavy atom. The Kier molecular flexibility index (Phi) is 4.20. The molecule has 4 nitrogen and oxygen atoms in total. The highest BCUT2D eigenvalue weighted by molar-refractivity contribution is 5.93. The van der Waals surface area contributed by atoms with Crippen molar-refractivity contribution in [2.75, 3.05) is 5.32 Å². The molecule has 20 heavy (non-hydrogen) atoms. The van der Waals surface area contributed by atoms with Gasteiger partial charge in [-0.05, 0) is 37.6 Å². The number of aliphatic imine (C=N–C) groups is 1. The molecule has 0 amide bonds. The fourth-order valence-corrected chi connectivity index (χ4v) is 1.56. The topological polar surface area (TPSA) is 50.2 Å². The van der Waals surface area contributed by atoms with Gasteiger partial charge in [-0.15, -0.1) is 0 Å². The lowest BCUT2D eigenvalue weighted by atomic mass is 10.2. The molecular weight excluding hydrogens is 255 g/mol. The molecule has 2 rings (SSSR count). The Morgan fingerprint density at radius 3 is 2.95 bits per heavy atom. The second kappa shape index (κ2) is 6.06. The van der Waals surface area contributed by atoms with Crippen molar-refractivity contribution in [3.05, 3.63) is 54.5 Å². The zero-order valence-electron chi connectivity index (χ0n) is 11.4. The Hall–Kier alpha value is -2.56. The highest BCUT2D eigenvalue weighted by Gasteiger charge is 2.07. The first-order valence-electron chi connectivity index (χ1n) is 6.12. The largest absolute Gasteiger partial charge is 0.338 e. The minimum atomic E-state index is -0.526. The lowest BCUT2D eigenvalue weighted by Crippen LogP contribution is -1.99. The van der Waals surface area contributed by atoms with Gasteiger partial charge in [0.25, 0.3) is 5.95 Å². The van der Waals surface area contributed by atoms with Crippen LogP contribution in [0.2, 0.25) is 0 Å². The van der Waals surface area contributed by atoms with Crippen molar-refractivity contribution in [1.82, 2.24) is 9.97 Å². The number of hydrogen-bond acceptors (Lipinski definition) is 4. The van der Waals surface area contributed by atoms with Crippen LogP contribution in [0.1, 0.15) is 12.5 Å². The van der Waals surface area contributed by atoms with Gasteiger partial charge in [-0.2, -0.15) is 4.98 Å². The van der Waals surface area contributed by atoms with E-state index in [1.54, 1.807) is 13.0 Å². The van der Waals surface area contributed by atoms with Gasteiger partial charge in [-0.25, -0.2) is 14.4 Å². The summed E-state index contributed by atoms with van der Waals surface area (Å²) >= 11 is 0. The number of halogens is 1. The van der Waals surface area contributed by atoms with Gasteiger partial charge in [-0.1, -0.05) is 18.7 Å². The van der Waals surface area contributed by atoms with Crippen LogP contribution in [0.3, 0.4) is 0 Å². The van der Waals surface area contributed by atoms with Gasteiger partial charge >= 0.3 is 0 Å². The molecule has 0 aliphatic rings. The van der Waals surface area contributed by atoms with Crippen molar-refractivity contribution in [3.8, 4) is 0 Å². The number of aryl methyl sites for hydroxylation is 1. The van der Waals surface area contributed by atoms with Crippen LogP contribution in [0.15, 0.2) is 48.1 Å². The van der Waals surface area contributed by atoms with E-state index < -0.39 is 5.82 Å². The number of hydrogen-bond donors (Lipinski definition) is 1. The van der Waals surface area contributed by atoms with E-state index in [0.717, 1.165) is 17.4 Å². The molecule has 0 spiro atoms. The predicted octanol–water partition coefficient (Wildman–Crippen LogP) is 3.95. The maximum absolute atomic E-state index is 13.7. The van der Waals surface area contributed by atoms with Gasteiger partial charge in [0.2, 0.25) is 0 Å². The number of aromatic nitrogens is 2. The van der Waals surface area contributed by atoms with Crippen LogP contribution < -0.4 is 5.32 Å². The number of benzene rings is 1. The first-order chi connectivity index (χ1) is 9.58. The monoisotopic (exact) mass is 270 g/mol. The van der Waals surface area contributed by atoms with Gasteiger partial charge in [0.15, 0.2) is 11.6 Å². The fourth-order valence-electron chi connectivity index (χ4n) is 1.56. The third-order valence-electron chi connectivity index (χ3n) is 2.58. The second-order valence-corrected chi connectivity index (χ2v) is 4.32. The van der Waals surface area contributed by atoms with E-state index in [4.69, 9.17) is 0 Å². The normalized spacial score (nSPS) is 11.2. The summed E-state index contributed by atoms with van der Waals surface area (Å²) in [6, 6.07) is 7.59. The van der Waals surface area contributed by atoms with E-state index in [-0.39, 0.29) is 11.8 Å². The summed E-state index contributed by atoms with van der Waals surface area (Å²) < 4.78 is 13.7. The van der Waals surface area contributed by atoms with Crippen molar-refractivity contribution < 1.29 is 4.39 Å². The Morgan fingerprint density at radius 1 is 1.45 bits per heavy atom. The molecule has 0 aliphatic heterocycles. The summed E-state index contributed by atoms with van der Waals surface area (Å²) in [5, 5.41) is 2.92. The molecule has 0 atom stereocenters. The first kappa shape index (κ1) is 13.9. The summed E-state index contributed by atoms with van der Waals surface area (Å²) in [6.07, 6.45) is 2.68. The summed E-state index contributed by atoms with van der Waals surface area (Å²) in [6.45, 7) is 7.33. The fraction of sp³-hybridized carbons (Fsp3) is 0.133. The maximum atomic E-state index is 13.7. The molecule has 0 fully saturated rings. The second-order valence-electron chi connectivity index (χ2n) is 4.32. The molecule has 1 aromatic carbocycles. The molecule has 1 aromatic heterocycles. The highest BCUT2D eigenvalue weighted by Crippen LogP contribution is 2.20. The number of rotatable bonds is 4. The smallest absolute Gasteiger partial charge is 0.251 e. The Labute approximate surface area is 117 Å². The average Bonchev–Trinajstić information content (AvgIpc) is 2.42. The van der Waals surface area contributed by atoms with Gasteiger partial charge < -0.3 is 5.32 Å². The van der Waals surface area contributed by atoms with E-state index in [9.17, 15) is 4.39 Å². The van der Waals surface area contributed by atoms with Crippen LogP contribution in [0.25, 0.3) is 0 Å². The lowest BCUT2D eigenvalue weighted by molar-refractivity contribution is 0.619. The highest BCUT2D eigenvalue weighted by atomic mass is 19.1. The van der Waals surface area contributed by atoms with E-state index in [0.29, 0.717) is 5.71 Å². The molecule has 0 unspecified atom stereocenters. The van der Waals surface area contributed by atoms with Crippen molar-refractivity contribution >= 4 is 23.2 Å². The standard InChI is InChI=1S/C15H15FN4/c1-4-11(3)18-15-17-9-13(16)14(20-15)19-12-7-5-6-10(2)8-12/h4-9H,1H2,2-3H3,(H,17,19,20). The summed E-state index contributed by atoms with van der Waals surface area (Å²) in [7, 11) is 0. The van der Waals surface area contributed by atoms with Crippen LogP contribution in [-0.2, 0) is 0 Å². The Bertz CT molecular complexity index is 665. The van der Waals surface area contributed by atoms with Crippen molar-refractivity contribution in [3.63, 3.8) is 0 Å². The van der Waals surface area contributed by atoms with Crippen molar-refractivity contribution in [2.45, 2.75) is 13.8 Å². The summed E-state index contributed by atoms with van der Waals surface area (Å²) in [5.74, 6) is -0.234. The Balaban J connectivity index is 2.31. The minimum Gasteiger partial charge on any atom is -0.338 e. The van der Waals surface area contributed by atoms with Crippen LogP contribution in [-0.4, -0.2) is 15.7 Å². The van der Waals surface area contributed by atoms with Gasteiger partial charge in [0.1, 0.15) is 0 Å². The molecule has 0 saturated carbocycles. The molecule has 1 N–H and O–H groups in total. The molecule has 0 radical (unpaired) electrons. The van der Waals surface area contributed by atoms with E-state index in [2.05, 4.69) is 26.9 Å².